The van der Waals surface area contributed by atoms with Gasteiger partial charge in [0.25, 0.3) is 5.91 Å². The normalized spacial score (nSPS) is 10.2. The van der Waals surface area contributed by atoms with Crippen LogP contribution in [0.2, 0.25) is 5.02 Å². The molecule has 0 saturated carbocycles. The predicted octanol–water partition coefficient (Wildman–Crippen LogP) is 3.77. The predicted molar refractivity (Wildman–Crippen MR) is 76.9 cm³/mol. The molecule has 6 heteroatoms. The Hall–Kier alpha value is -1.72. The number of hydrogen-bond donors (Lipinski definition) is 3. The van der Waals surface area contributed by atoms with Crippen molar-refractivity contribution >= 4 is 39.1 Å². The van der Waals surface area contributed by atoms with Crippen LogP contribution in [0.25, 0.3) is 0 Å². The van der Waals surface area contributed by atoms with E-state index in [1.54, 1.807) is 18.2 Å². The molecule has 0 radical (unpaired) electrons. The fraction of sp³-hybridized carbons (Fsp3) is 0. The SMILES string of the molecule is O=C(Nc1cc(Cl)ccc1Br)c1ccc(O)cc1O. The van der Waals surface area contributed by atoms with Crippen molar-refractivity contribution in [3.63, 3.8) is 0 Å². The van der Waals surface area contributed by atoms with Gasteiger partial charge in [0.05, 0.1) is 11.3 Å². The van der Waals surface area contributed by atoms with E-state index in [0.717, 1.165) is 6.07 Å². The van der Waals surface area contributed by atoms with Crippen molar-refractivity contribution in [2.45, 2.75) is 0 Å². The number of phenolic OH excluding ortho intramolecular Hbond substituents is 2. The first-order valence-corrected chi connectivity index (χ1v) is 6.43. The maximum Gasteiger partial charge on any atom is 0.259 e. The smallest absolute Gasteiger partial charge is 0.259 e. The van der Waals surface area contributed by atoms with Crippen molar-refractivity contribution in [1.29, 1.82) is 0 Å². The molecule has 0 spiro atoms. The molecular weight excluding hydrogens is 334 g/mol. The molecule has 0 aliphatic rings. The molecule has 0 saturated heterocycles. The van der Waals surface area contributed by atoms with Crippen LogP contribution in [0.1, 0.15) is 10.4 Å². The van der Waals surface area contributed by atoms with Crippen molar-refractivity contribution in [3.05, 3.63) is 51.5 Å². The zero-order valence-electron chi connectivity index (χ0n) is 9.52. The minimum Gasteiger partial charge on any atom is -0.508 e. The second kappa shape index (κ2) is 5.50. The summed E-state index contributed by atoms with van der Waals surface area (Å²) in [5, 5.41) is 21.9. The van der Waals surface area contributed by atoms with E-state index in [0.29, 0.717) is 15.2 Å². The molecule has 0 aliphatic carbocycles. The second-order valence-electron chi connectivity index (χ2n) is 3.78. The first kappa shape index (κ1) is 13.7. The van der Waals surface area contributed by atoms with Crippen LogP contribution in [0.15, 0.2) is 40.9 Å². The van der Waals surface area contributed by atoms with Crippen LogP contribution in [-0.2, 0) is 0 Å². The number of phenols is 2. The average Bonchev–Trinajstić information content (AvgIpc) is 2.33. The van der Waals surface area contributed by atoms with E-state index in [-0.39, 0.29) is 17.1 Å². The van der Waals surface area contributed by atoms with Crippen LogP contribution in [-0.4, -0.2) is 16.1 Å². The van der Waals surface area contributed by atoms with Gasteiger partial charge in [-0.25, -0.2) is 0 Å². The van der Waals surface area contributed by atoms with Gasteiger partial charge in [0.1, 0.15) is 11.5 Å². The summed E-state index contributed by atoms with van der Waals surface area (Å²) in [4.78, 5) is 12.0. The summed E-state index contributed by atoms with van der Waals surface area (Å²) in [6.45, 7) is 0. The average molecular weight is 343 g/mol. The summed E-state index contributed by atoms with van der Waals surface area (Å²) in [6, 6.07) is 8.72. The van der Waals surface area contributed by atoms with Crippen molar-refractivity contribution in [2.75, 3.05) is 5.32 Å². The Morgan fingerprint density at radius 1 is 1.16 bits per heavy atom. The molecule has 3 N–H and O–H groups in total. The van der Waals surface area contributed by atoms with Crippen LogP contribution in [0, 0.1) is 0 Å². The van der Waals surface area contributed by atoms with Crippen molar-refractivity contribution in [3.8, 4) is 11.5 Å². The molecule has 0 bridgehead atoms. The van der Waals surface area contributed by atoms with Gasteiger partial charge < -0.3 is 15.5 Å². The summed E-state index contributed by atoms with van der Waals surface area (Å²) in [6.07, 6.45) is 0. The third kappa shape index (κ3) is 3.19. The zero-order chi connectivity index (χ0) is 14.0. The van der Waals surface area contributed by atoms with E-state index >= 15 is 0 Å². The van der Waals surface area contributed by atoms with E-state index in [2.05, 4.69) is 21.2 Å². The minimum atomic E-state index is -0.500. The van der Waals surface area contributed by atoms with E-state index < -0.39 is 5.91 Å². The van der Waals surface area contributed by atoms with Crippen LogP contribution >= 0.6 is 27.5 Å². The van der Waals surface area contributed by atoms with Crippen molar-refractivity contribution in [2.24, 2.45) is 0 Å². The molecule has 2 aromatic rings. The van der Waals surface area contributed by atoms with Gasteiger partial charge in [0, 0.05) is 15.6 Å². The lowest BCUT2D eigenvalue weighted by Crippen LogP contribution is -2.12. The summed E-state index contributed by atoms with van der Waals surface area (Å²) >= 11 is 9.13. The molecule has 2 aromatic carbocycles. The highest BCUT2D eigenvalue weighted by Crippen LogP contribution is 2.28. The number of anilines is 1. The molecule has 0 atom stereocenters. The van der Waals surface area contributed by atoms with Crippen LogP contribution in [0.3, 0.4) is 0 Å². The highest BCUT2D eigenvalue weighted by molar-refractivity contribution is 9.10. The van der Waals surface area contributed by atoms with Gasteiger partial charge >= 0.3 is 0 Å². The maximum absolute atomic E-state index is 12.0. The van der Waals surface area contributed by atoms with E-state index in [9.17, 15) is 15.0 Å². The van der Waals surface area contributed by atoms with Gasteiger partial charge in [-0.05, 0) is 46.3 Å². The fourth-order valence-electron chi connectivity index (χ4n) is 1.49. The highest BCUT2D eigenvalue weighted by Gasteiger charge is 2.13. The van der Waals surface area contributed by atoms with Crippen molar-refractivity contribution < 1.29 is 15.0 Å². The number of nitrogens with one attached hydrogen (secondary N) is 1. The third-order valence-corrected chi connectivity index (χ3v) is 3.33. The van der Waals surface area contributed by atoms with E-state index in [4.69, 9.17) is 11.6 Å². The number of amides is 1. The standard InChI is InChI=1S/C13H9BrClNO3/c14-10-4-1-7(15)5-11(10)16-13(19)9-3-2-8(17)6-12(9)18/h1-6,17-18H,(H,16,19). The van der Waals surface area contributed by atoms with Gasteiger partial charge in [0.15, 0.2) is 0 Å². The van der Waals surface area contributed by atoms with Crippen LogP contribution in [0.4, 0.5) is 5.69 Å². The molecule has 0 fully saturated rings. The lowest BCUT2D eigenvalue weighted by molar-refractivity contribution is 0.102. The third-order valence-electron chi connectivity index (χ3n) is 2.40. The molecular formula is C13H9BrClNO3. The molecule has 0 aromatic heterocycles. The molecule has 0 unspecified atom stereocenters. The number of benzene rings is 2. The lowest BCUT2D eigenvalue weighted by atomic mass is 10.1. The Bertz CT molecular complexity index is 646. The van der Waals surface area contributed by atoms with Crippen LogP contribution < -0.4 is 5.32 Å². The molecule has 0 aliphatic heterocycles. The van der Waals surface area contributed by atoms with Gasteiger partial charge in [-0.1, -0.05) is 11.6 Å². The zero-order valence-corrected chi connectivity index (χ0v) is 11.9. The Labute approximate surface area is 122 Å². The summed E-state index contributed by atoms with van der Waals surface area (Å²) in [5.74, 6) is -0.908. The van der Waals surface area contributed by atoms with E-state index in [1.807, 2.05) is 0 Å². The minimum absolute atomic E-state index is 0.0599. The molecule has 1 amide bonds. The molecule has 4 nitrogen and oxygen atoms in total. The number of hydrogen-bond acceptors (Lipinski definition) is 3. The Morgan fingerprint density at radius 2 is 1.89 bits per heavy atom. The topological polar surface area (TPSA) is 69.6 Å². The molecule has 98 valence electrons. The van der Waals surface area contributed by atoms with Gasteiger partial charge in [-0.2, -0.15) is 0 Å². The fourth-order valence-corrected chi connectivity index (χ4v) is 2.01. The van der Waals surface area contributed by atoms with Gasteiger partial charge in [-0.15, -0.1) is 0 Å². The monoisotopic (exact) mass is 341 g/mol. The van der Waals surface area contributed by atoms with Crippen molar-refractivity contribution in [1.82, 2.24) is 0 Å². The molecule has 2 rings (SSSR count). The Morgan fingerprint density at radius 3 is 2.58 bits per heavy atom. The first-order chi connectivity index (χ1) is 8.97. The number of aromatic hydroxyl groups is 2. The van der Waals surface area contributed by atoms with Gasteiger partial charge in [0.2, 0.25) is 0 Å². The molecule has 19 heavy (non-hydrogen) atoms. The number of halogens is 2. The van der Waals surface area contributed by atoms with Crippen LogP contribution in [0.5, 0.6) is 11.5 Å². The molecule has 0 heterocycles. The lowest BCUT2D eigenvalue weighted by Gasteiger charge is -2.09. The number of rotatable bonds is 2. The quantitative estimate of drug-likeness (QED) is 0.778. The Balaban J connectivity index is 2.28. The number of carbonyl (C=O) groups excluding carboxylic acids is 1. The first-order valence-electron chi connectivity index (χ1n) is 5.26. The Kier molecular flexibility index (Phi) is 3.97. The van der Waals surface area contributed by atoms with Gasteiger partial charge in [-0.3, -0.25) is 4.79 Å². The second-order valence-corrected chi connectivity index (χ2v) is 5.07. The summed E-state index contributed by atoms with van der Waals surface area (Å²) in [5.41, 5.74) is 0.551. The maximum atomic E-state index is 12.0. The summed E-state index contributed by atoms with van der Waals surface area (Å²) in [7, 11) is 0. The van der Waals surface area contributed by atoms with E-state index in [1.165, 1.54) is 12.1 Å². The summed E-state index contributed by atoms with van der Waals surface area (Å²) < 4.78 is 0.670. The number of carbonyl (C=O) groups is 1. The largest absolute Gasteiger partial charge is 0.508 e. The highest BCUT2D eigenvalue weighted by atomic mass is 79.9.